The van der Waals surface area contributed by atoms with E-state index in [-0.39, 0.29) is 5.91 Å². The van der Waals surface area contributed by atoms with Crippen molar-refractivity contribution in [2.24, 2.45) is 0 Å². The number of nitrogens with zero attached hydrogens (tertiary/aromatic N) is 3. The summed E-state index contributed by atoms with van der Waals surface area (Å²) in [5, 5.41) is 2.99. The Morgan fingerprint density at radius 1 is 0.889 bits per heavy atom. The van der Waals surface area contributed by atoms with Crippen LogP contribution in [0.25, 0.3) is 6.08 Å². The number of piperazine rings is 1. The third-order valence-electron chi connectivity index (χ3n) is 7.45. The van der Waals surface area contributed by atoms with Crippen molar-refractivity contribution in [3.05, 3.63) is 107 Å². The standard InChI is InChI=1S/C31H36N4O/c36-30(16-13-25-8-7-17-32-24-25)33-18-5-6-19-34-20-22-35(23-21-34)31-28-11-3-1-9-26(28)14-15-27-10-2-4-12-29(27)31/h1-4,7-13,16-17,24,31H,5-6,14-15,18-23H2,(H,33,36)/b16-13-. The highest BCUT2D eigenvalue weighted by Crippen LogP contribution is 2.37. The van der Waals surface area contributed by atoms with Crippen LogP contribution >= 0.6 is 0 Å². The summed E-state index contributed by atoms with van der Waals surface area (Å²) < 4.78 is 0. The molecule has 1 aliphatic heterocycles. The first-order valence-electron chi connectivity index (χ1n) is 13.3. The molecule has 1 saturated heterocycles. The number of nitrogens with one attached hydrogen (secondary N) is 1. The number of fused-ring (bicyclic) bond motifs is 2. The summed E-state index contributed by atoms with van der Waals surface area (Å²) in [6.45, 7) is 6.17. The maximum absolute atomic E-state index is 12.0. The molecular formula is C31H36N4O. The van der Waals surface area contributed by atoms with E-state index in [2.05, 4.69) is 68.6 Å². The SMILES string of the molecule is O=C(/C=C\c1cccnc1)NCCCCN1CCN(C2c3ccccc3CCc3ccccc32)CC1. The van der Waals surface area contributed by atoms with Crippen LogP contribution in [-0.4, -0.2) is 60.0 Å². The van der Waals surface area contributed by atoms with E-state index in [0.717, 1.165) is 64.0 Å². The lowest BCUT2D eigenvalue weighted by molar-refractivity contribution is -0.116. The Balaban J connectivity index is 1.08. The van der Waals surface area contributed by atoms with Gasteiger partial charge in [-0.25, -0.2) is 0 Å². The largest absolute Gasteiger partial charge is 0.353 e. The lowest BCUT2D eigenvalue weighted by Gasteiger charge is -2.40. The van der Waals surface area contributed by atoms with Crippen molar-refractivity contribution in [3.63, 3.8) is 0 Å². The van der Waals surface area contributed by atoms with Crippen LogP contribution in [0.2, 0.25) is 0 Å². The topological polar surface area (TPSA) is 48.5 Å². The van der Waals surface area contributed by atoms with Crippen LogP contribution in [0.4, 0.5) is 0 Å². The van der Waals surface area contributed by atoms with Gasteiger partial charge in [0.25, 0.3) is 0 Å². The summed E-state index contributed by atoms with van der Waals surface area (Å²) in [6, 6.07) is 22.2. The molecule has 186 valence electrons. The number of amides is 1. The number of carbonyl (C=O) groups is 1. The number of aryl methyl sites for hydroxylation is 2. The van der Waals surface area contributed by atoms with E-state index >= 15 is 0 Å². The minimum absolute atomic E-state index is 0.0450. The number of hydrogen-bond acceptors (Lipinski definition) is 4. The van der Waals surface area contributed by atoms with Crippen molar-refractivity contribution in [2.45, 2.75) is 31.7 Å². The van der Waals surface area contributed by atoms with Gasteiger partial charge in [0, 0.05) is 51.2 Å². The van der Waals surface area contributed by atoms with E-state index in [1.54, 1.807) is 24.5 Å². The molecule has 1 aliphatic carbocycles. The molecule has 1 fully saturated rings. The molecule has 0 bridgehead atoms. The Labute approximate surface area is 214 Å². The van der Waals surface area contributed by atoms with Crippen LogP contribution in [0.1, 0.15) is 46.7 Å². The van der Waals surface area contributed by atoms with Crippen molar-refractivity contribution in [2.75, 3.05) is 39.3 Å². The lowest BCUT2D eigenvalue weighted by Crippen LogP contribution is -2.48. The van der Waals surface area contributed by atoms with E-state index in [9.17, 15) is 4.79 Å². The smallest absolute Gasteiger partial charge is 0.243 e. The van der Waals surface area contributed by atoms with Crippen LogP contribution in [0, 0.1) is 0 Å². The number of rotatable bonds is 8. The molecular weight excluding hydrogens is 444 g/mol. The van der Waals surface area contributed by atoms with Crippen molar-refractivity contribution < 1.29 is 4.79 Å². The first kappa shape index (κ1) is 24.4. The fourth-order valence-corrected chi connectivity index (χ4v) is 5.51. The summed E-state index contributed by atoms with van der Waals surface area (Å²) in [6.07, 6.45) is 11.2. The molecule has 1 amide bonds. The molecule has 36 heavy (non-hydrogen) atoms. The molecule has 0 unspecified atom stereocenters. The molecule has 0 spiro atoms. The van der Waals surface area contributed by atoms with Gasteiger partial charge in [0.1, 0.15) is 0 Å². The molecule has 0 radical (unpaired) electrons. The van der Waals surface area contributed by atoms with E-state index in [0.29, 0.717) is 12.6 Å². The monoisotopic (exact) mass is 480 g/mol. The third-order valence-corrected chi connectivity index (χ3v) is 7.45. The van der Waals surface area contributed by atoms with Crippen molar-refractivity contribution >= 4 is 12.0 Å². The van der Waals surface area contributed by atoms with Gasteiger partial charge >= 0.3 is 0 Å². The number of hydrogen-bond donors (Lipinski definition) is 1. The second-order valence-corrected chi connectivity index (χ2v) is 9.80. The van der Waals surface area contributed by atoms with Crippen LogP contribution in [-0.2, 0) is 17.6 Å². The normalized spacial score (nSPS) is 16.9. The molecule has 5 rings (SSSR count). The number of aromatic nitrogens is 1. The Kier molecular flexibility index (Phi) is 8.21. The molecule has 5 heteroatoms. The lowest BCUT2D eigenvalue weighted by atomic mass is 9.92. The first-order chi connectivity index (χ1) is 17.8. The highest BCUT2D eigenvalue weighted by molar-refractivity contribution is 5.91. The van der Waals surface area contributed by atoms with Gasteiger partial charge in [0.15, 0.2) is 0 Å². The summed E-state index contributed by atoms with van der Waals surface area (Å²) >= 11 is 0. The Morgan fingerprint density at radius 3 is 2.25 bits per heavy atom. The fraction of sp³-hybridized carbons (Fsp3) is 0.355. The maximum atomic E-state index is 12.0. The molecule has 2 aliphatic rings. The van der Waals surface area contributed by atoms with Gasteiger partial charge in [-0.2, -0.15) is 0 Å². The van der Waals surface area contributed by atoms with Gasteiger partial charge in [-0.05, 0) is 72.2 Å². The predicted molar refractivity (Wildman–Crippen MR) is 146 cm³/mol. The van der Waals surface area contributed by atoms with Crippen LogP contribution in [0.3, 0.4) is 0 Å². The molecule has 2 heterocycles. The van der Waals surface area contributed by atoms with E-state index in [1.165, 1.54) is 22.3 Å². The zero-order valence-corrected chi connectivity index (χ0v) is 21.0. The molecule has 0 saturated carbocycles. The van der Waals surface area contributed by atoms with Crippen LogP contribution < -0.4 is 5.32 Å². The first-order valence-corrected chi connectivity index (χ1v) is 13.3. The van der Waals surface area contributed by atoms with Gasteiger partial charge in [-0.3, -0.25) is 14.7 Å². The third kappa shape index (κ3) is 6.10. The highest BCUT2D eigenvalue weighted by atomic mass is 16.1. The van der Waals surface area contributed by atoms with Gasteiger partial charge in [0.2, 0.25) is 5.91 Å². The van der Waals surface area contributed by atoms with Gasteiger partial charge < -0.3 is 10.2 Å². The van der Waals surface area contributed by atoms with Crippen LogP contribution in [0.5, 0.6) is 0 Å². The zero-order valence-electron chi connectivity index (χ0n) is 21.0. The number of unbranched alkanes of at least 4 members (excludes halogenated alkanes) is 1. The zero-order chi connectivity index (χ0) is 24.6. The van der Waals surface area contributed by atoms with Crippen molar-refractivity contribution in [1.29, 1.82) is 0 Å². The quantitative estimate of drug-likeness (QED) is 0.381. The summed E-state index contributed by atoms with van der Waals surface area (Å²) in [4.78, 5) is 21.4. The summed E-state index contributed by atoms with van der Waals surface area (Å²) in [7, 11) is 0. The summed E-state index contributed by atoms with van der Waals surface area (Å²) in [5.41, 5.74) is 6.91. The van der Waals surface area contributed by atoms with Gasteiger partial charge in [-0.1, -0.05) is 54.6 Å². The van der Waals surface area contributed by atoms with Crippen LogP contribution in [0.15, 0.2) is 79.1 Å². The second kappa shape index (κ2) is 12.1. The Bertz CT molecular complexity index is 1120. The second-order valence-electron chi connectivity index (χ2n) is 9.80. The van der Waals surface area contributed by atoms with Gasteiger partial charge in [-0.15, -0.1) is 0 Å². The number of carbonyl (C=O) groups excluding carboxylic acids is 1. The molecule has 0 atom stereocenters. The van der Waals surface area contributed by atoms with E-state index in [4.69, 9.17) is 0 Å². The molecule has 2 aromatic carbocycles. The molecule has 1 N–H and O–H groups in total. The van der Waals surface area contributed by atoms with E-state index in [1.807, 2.05) is 12.1 Å². The maximum Gasteiger partial charge on any atom is 0.243 e. The fourth-order valence-electron chi connectivity index (χ4n) is 5.51. The van der Waals surface area contributed by atoms with E-state index < -0.39 is 0 Å². The van der Waals surface area contributed by atoms with Crippen molar-refractivity contribution in [1.82, 2.24) is 20.1 Å². The Morgan fingerprint density at radius 2 is 1.58 bits per heavy atom. The predicted octanol–water partition coefficient (Wildman–Crippen LogP) is 4.50. The molecule has 1 aromatic heterocycles. The van der Waals surface area contributed by atoms with Gasteiger partial charge in [0.05, 0.1) is 6.04 Å². The Hall–Kier alpha value is -3.28. The molecule has 5 nitrogen and oxygen atoms in total. The highest BCUT2D eigenvalue weighted by Gasteiger charge is 2.30. The average molecular weight is 481 g/mol. The minimum Gasteiger partial charge on any atom is -0.353 e. The number of benzene rings is 2. The van der Waals surface area contributed by atoms with Crippen molar-refractivity contribution in [3.8, 4) is 0 Å². The minimum atomic E-state index is -0.0450. The average Bonchev–Trinajstić information content (AvgIpc) is 3.10. The number of pyridine rings is 1. The molecule has 3 aromatic rings. The summed E-state index contributed by atoms with van der Waals surface area (Å²) in [5.74, 6) is -0.0450.